The van der Waals surface area contributed by atoms with Crippen LogP contribution in [0.25, 0.3) is 5.69 Å². The number of carbonyl (C=O) groups is 1. The maximum Gasteiger partial charge on any atom is 0.233 e. The molecular formula is C20H20N4OS. The Labute approximate surface area is 157 Å². The molecule has 0 radical (unpaired) electrons. The number of hydrogen-bond donors (Lipinski definition) is 0. The Kier molecular flexibility index (Phi) is 5.02. The summed E-state index contributed by atoms with van der Waals surface area (Å²) in [5.74, 6) is 0.526. The third-order valence-electron chi connectivity index (χ3n) is 4.38. The van der Waals surface area contributed by atoms with Gasteiger partial charge in [0.05, 0.1) is 5.75 Å². The average molecular weight is 364 g/mol. The summed E-state index contributed by atoms with van der Waals surface area (Å²) in [6.07, 6.45) is 3.89. The van der Waals surface area contributed by atoms with Crippen molar-refractivity contribution in [1.82, 2.24) is 19.7 Å². The molecule has 1 saturated carbocycles. The van der Waals surface area contributed by atoms with E-state index in [1.54, 1.807) is 6.33 Å². The van der Waals surface area contributed by atoms with E-state index in [2.05, 4.69) is 22.3 Å². The van der Waals surface area contributed by atoms with E-state index in [0.717, 1.165) is 23.7 Å². The minimum Gasteiger partial charge on any atom is -0.335 e. The molecule has 2 aromatic carbocycles. The van der Waals surface area contributed by atoms with Crippen molar-refractivity contribution >= 4 is 17.7 Å². The number of carbonyl (C=O) groups excluding carboxylic acids is 1. The molecular weight excluding hydrogens is 344 g/mol. The van der Waals surface area contributed by atoms with Gasteiger partial charge in [-0.25, -0.2) is 0 Å². The lowest BCUT2D eigenvalue weighted by Gasteiger charge is -2.22. The lowest BCUT2D eigenvalue weighted by Crippen LogP contribution is -2.34. The quantitative estimate of drug-likeness (QED) is 0.602. The second-order valence-electron chi connectivity index (χ2n) is 6.35. The summed E-state index contributed by atoms with van der Waals surface area (Å²) in [5.41, 5.74) is 2.17. The highest BCUT2D eigenvalue weighted by Crippen LogP contribution is 2.30. The zero-order valence-corrected chi connectivity index (χ0v) is 15.2. The number of thioether (sulfide) groups is 1. The van der Waals surface area contributed by atoms with Crippen molar-refractivity contribution in [3.8, 4) is 5.69 Å². The van der Waals surface area contributed by atoms with E-state index in [1.165, 1.54) is 17.3 Å². The van der Waals surface area contributed by atoms with Crippen molar-refractivity contribution in [3.63, 3.8) is 0 Å². The number of amides is 1. The molecule has 1 amide bonds. The molecule has 132 valence electrons. The monoisotopic (exact) mass is 364 g/mol. The number of rotatable bonds is 7. The van der Waals surface area contributed by atoms with E-state index in [9.17, 15) is 4.79 Å². The van der Waals surface area contributed by atoms with E-state index in [1.807, 2.05) is 58.0 Å². The van der Waals surface area contributed by atoms with Gasteiger partial charge in [-0.3, -0.25) is 9.36 Å². The predicted octanol–water partition coefficient (Wildman–Crippen LogP) is 3.55. The molecule has 5 nitrogen and oxygen atoms in total. The van der Waals surface area contributed by atoms with Crippen LogP contribution in [-0.2, 0) is 11.3 Å². The highest BCUT2D eigenvalue weighted by atomic mass is 32.2. The normalized spacial score (nSPS) is 13.5. The van der Waals surface area contributed by atoms with E-state index in [4.69, 9.17) is 0 Å². The van der Waals surface area contributed by atoms with Crippen molar-refractivity contribution in [2.45, 2.75) is 30.6 Å². The molecule has 26 heavy (non-hydrogen) atoms. The maximum atomic E-state index is 12.8. The molecule has 1 aromatic heterocycles. The Morgan fingerprint density at radius 3 is 2.46 bits per heavy atom. The van der Waals surface area contributed by atoms with Crippen LogP contribution in [0.4, 0.5) is 0 Å². The van der Waals surface area contributed by atoms with Crippen molar-refractivity contribution in [3.05, 3.63) is 72.6 Å². The molecule has 0 bridgehead atoms. The second kappa shape index (κ2) is 7.74. The van der Waals surface area contributed by atoms with Crippen molar-refractivity contribution in [2.24, 2.45) is 0 Å². The summed E-state index contributed by atoms with van der Waals surface area (Å²) < 4.78 is 1.91. The average Bonchev–Trinajstić information content (AvgIpc) is 3.42. The molecule has 0 unspecified atom stereocenters. The smallest absolute Gasteiger partial charge is 0.233 e. The Bertz CT molecular complexity index is 862. The molecule has 0 saturated heterocycles. The van der Waals surface area contributed by atoms with Crippen molar-refractivity contribution in [2.75, 3.05) is 5.75 Å². The largest absolute Gasteiger partial charge is 0.335 e. The Balaban J connectivity index is 1.42. The van der Waals surface area contributed by atoms with Crippen LogP contribution in [0.1, 0.15) is 18.4 Å². The van der Waals surface area contributed by atoms with Crippen molar-refractivity contribution in [1.29, 1.82) is 0 Å². The Morgan fingerprint density at radius 1 is 1.08 bits per heavy atom. The highest BCUT2D eigenvalue weighted by Gasteiger charge is 2.32. The van der Waals surface area contributed by atoms with E-state index in [-0.39, 0.29) is 5.91 Å². The molecule has 1 heterocycles. The van der Waals surface area contributed by atoms with Crippen LogP contribution in [0.2, 0.25) is 0 Å². The molecule has 3 aromatic rings. The minimum absolute atomic E-state index is 0.156. The summed E-state index contributed by atoms with van der Waals surface area (Å²) in [6, 6.07) is 20.5. The first-order valence-corrected chi connectivity index (χ1v) is 9.71. The van der Waals surface area contributed by atoms with Gasteiger partial charge in [-0.1, -0.05) is 60.3 Å². The minimum atomic E-state index is 0.156. The zero-order chi connectivity index (χ0) is 17.8. The van der Waals surface area contributed by atoms with E-state index < -0.39 is 0 Å². The summed E-state index contributed by atoms with van der Waals surface area (Å²) >= 11 is 1.44. The summed E-state index contributed by atoms with van der Waals surface area (Å²) in [5, 5.41) is 8.91. The number of benzene rings is 2. The lowest BCUT2D eigenvalue weighted by atomic mass is 10.2. The Morgan fingerprint density at radius 2 is 1.77 bits per heavy atom. The first-order valence-electron chi connectivity index (χ1n) is 8.73. The first-order chi connectivity index (χ1) is 12.8. The van der Waals surface area contributed by atoms with E-state index in [0.29, 0.717) is 18.3 Å². The third-order valence-corrected chi connectivity index (χ3v) is 5.31. The topological polar surface area (TPSA) is 51.0 Å². The van der Waals surface area contributed by atoms with Crippen molar-refractivity contribution < 1.29 is 4.79 Å². The second-order valence-corrected chi connectivity index (χ2v) is 7.29. The van der Waals surface area contributed by atoms with Crippen LogP contribution in [0.15, 0.2) is 72.1 Å². The van der Waals surface area contributed by atoms with Crippen LogP contribution < -0.4 is 0 Å². The van der Waals surface area contributed by atoms with Crippen LogP contribution in [0, 0.1) is 0 Å². The lowest BCUT2D eigenvalue weighted by molar-refractivity contribution is -0.129. The van der Waals surface area contributed by atoms with Crippen LogP contribution in [0.5, 0.6) is 0 Å². The molecule has 0 aliphatic heterocycles. The number of para-hydroxylation sites is 1. The fourth-order valence-corrected chi connectivity index (χ4v) is 3.70. The molecule has 0 atom stereocenters. The summed E-state index contributed by atoms with van der Waals surface area (Å²) in [6.45, 7) is 0.677. The van der Waals surface area contributed by atoms with Gasteiger partial charge in [-0.2, -0.15) is 0 Å². The van der Waals surface area contributed by atoms with Gasteiger partial charge in [0.25, 0.3) is 0 Å². The summed E-state index contributed by atoms with van der Waals surface area (Å²) in [4.78, 5) is 14.8. The Hall–Kier alpha value is -2.60. The number of aromatic nitrogens is 3. The molecule has 1 aliphatic rings. The standard InChI is InChI=1S/C20H20N4OS/c25-19(23(18-11-12-18)13-16-7-3-1-4-8-16)14-26-20-22-21-15-24(20)17-9-5-2-6-10-17/h1-10,15,18H,11-14H2. The molecule has 6 heteroatoms. The fraction of sp³-hybridized carbons (Fsp3) is 0.250. The van der Waals surface area contributed by atoms with Crippen LogP contribution in [0.3, 0.4) is 0 Å². The molecule has 0 spiro atoms. The third kappa shape index (κ3) is 3.96. The maximum absolute atomic E-state index is 12.8. The first kappa shape index (κ1) is 16.8. The zero-order valence-electron chi connectivity index (χ0n) is 14.4. The fourth-order valence-electron chi connectivity index (χ4n) is 2.88. The molecule has 4 rings (SSSR count). The van der Waals surface area contributed by atoms with Gasteiger partial charge >= 0.3 is 0 Å². The summed E-state index contributed by atoms with van der Waals surface area (Å²) in [7, 11) is 0. The van der Waals surface area contributed by atoms with Gasteiger partial charge in [0.1, 0.15) is 6.33 Å². The number of nitrogens with zero attached hydrogens (tertiary/aromatic N) is 4. The van der Waals surface area contributed by atoms with Gasteiger partial charge in [0, 0.05) is 18.3 Å². The SMILES string of the molecule is O=C(CSc1nncn1-c1ccccc1)N(Cc1ccccc1)C1CC1. The number of hydrogen-bond acceptors (Lipinski definition) is 4. The van der Waals surface area contributed by atoms with Gasteiger partial charge in [0.2, 0.25) is 5.91 Å². The van der Waals surface area contributed by atoms with Gasteiger partial charge < -0.3 is 4.90 Å². The predicted molar refractivity (Wildman–Crippen MR) is 102 cm³/mol. The molecule has 1 aliphatic carbocycles. The van der Waals surface area contributed by atoms with Crippen LogP contribution >= 0.6 is 11.8 Å². The van der Waals surface area contributed by atoms with Gasteiger partial charge in [-0.15, -0.1) is 10.2 Å². The van der Waals surface area contributed by atoms with E-state index >= 15 is 0 Å². The van der Waals surface area contributed by atoms with Gasteiger partial charge in [-0.05, 0) is 30.5 Å². The van der Waals surface area contributed by atoms with Gasteiger partial charge in [0.15, 0.2) is 5.16 Å². The molecule has 1 fully saturated rings. The highest BCUT2D eigenvalue weighted by molar-refractivity contribution is 7.99. The van der Waals surface area contributed by atoms with Crippen LogP contribution in [-0.4, -0.2) is 37.4 Å². The molecule has 0 N–H and O–H groups in total.